The molecule has 0 fully saturated rings. The average Bonchev–Trinajstić information content (AvgIpc) is 2.14. The lowest BCUT2D eigenvalue weighted by Gasteiger charge is -2.02. The van der Waals surface area contributed by atoms with Crippen LogP contribution in [0, 0.1) is 0 Å². The third-order valence-electron chi connectivity index (χ3n) is 1.49. The monoisotopic (exact) mass is 231 g/mol. The molecule has 1 aromatic rings. The first-order chi connectivity index (χ1) is 6.89. The van der Waals surface area contributed by atoms with Crippen molar-refractivity contribution in [3.05, 3.63) is 23.9 Å². The number of rotatable bonds is 3. The molecule has 82 valence electrons. The van der Waals surface area contributed by atoms with Crippen LogP contribution in [-0.4, -0.2) is 24.6 Å². The number of sulfonamides is 1. The Labute approximate surface area is 86.0 Å². The van der Waals surface area contributed by atoms with E-state index in [1.165, 1.54) is 18.2 Å². The van der Waals surface area contributed by atoms with E-state index in [0.29, 0.717) is 0 Å². The fourth-order valence-electron chi connectivity index (χ4n) is 0.881. The van der Waals surface area contributed by atoms with Crippen molar-refractivity contribution in [1.82, 2.24) is 10.3 Å². The molecule has 0 saturated carbocycles. The van der Waals surface area contributed by atoms with Gasteiger partial charge in [0.2, 0.25) is 0 Å². The van der Waals surface area contributed by atoms with Gasteiger partial charge in [0.05, 0.1) is 12.2 Å². The van der Waals surface area contributed by atoms with Gasteiger partial charge in [-0.2, -0.15) is 0 Å². The minimum absolute atomic E-state index is 0.0707. The molecule has 0 aliphatic carbocycles. The SMILES string of the molecule is NS(=O)(=O)c1cccc(CNC(=O)O)n1. The quantitative estimate of drug-likeness (QED) is 0.647. The number of aromatic nitrogens is 1. The molecule has 1 amide bonds. The van der Waals surface area contributed by atoms with Crippen molar-refractivity contribution in [2.75, 3.05) is 0 Å². The summed E-state index contributed by atoms with van der Waals surface area (Å²) in [5.74, 6) is 0. The maximum Gasteiger partial charge on any atom is 0.404 e. The van der Waals surface area contributed by atoms with E-state index in [9.17, 15) is 13.2 Å². The van der Waals surface area contributed by atoms with Gasteiger partial charge in [-0.1, -0.05) is 6.07 Å². The highest BCUT2D eigenvalue weighted by Gasteiger charge is 2.09. The zero-order valence-electron chi connectivity index (χ0n) is 7.54. The summed E-state index contributed by atoms with van der Waals surface area (Å²) in [7, 11) is -3.85. The fourth-order valence-corrected chi connectivity index (χ4v) is 1.39. The number of nitrogens with one attached hydrogen (secondary N) is 1. The van der Waals surface area contributed by atoms with Gasteiger partial charge in [0.15, 0.2) is 5.03 Å². The molecule has 0 radical (unpaired) electrons. The van der Waals surface area contributed by atoms with E-state index in [-0.39, 0.29) is 17.3 Å². The third kappa shape index (κ3) is 3.52. The molecule has 0 aliphatic heterocycles. The van der Waals surface area contributed by atoms with Crippen molar-refractivity contribution in [2.45, 2.75) is 11.6 Å². The lowest BCUT2D eigenvalue weighted by molar-refractivity contribution is 0.194. The van der Waals surface area contributed by atoms with E-state index < -0.39 is 16.1 Å². The lowest BCUT2D eigenvalue weighted by atomic mass is 10.3. The minimum Gasteiger partial charge on any atom is -0.465 e. The highest BCUT2D eigenvalue weighted by molar-refractivity contribution is 7.89. The van der Waals surface area contributed by atoms with E-state index in [2.05, 4.69) is 10.3 Å². The first-order valence-corrected chi connectivity index (χ1v) is 5.40. The second-order valence-electron chi connectivity index (χ2n) is 2.67. The third-order valence-corrected chi connectivity index (χ3v) is 2.30. The van der Waals surface area contributed by atoms with Crippen LogP contribution < -0.4 is 10.5 Å². The first kappa shape index (κ1) is 11.4. The average molecular weight is 231 g/mol. The molecule has 0 aromatic carbocycles. The van der Waals surface area contributed by atoms with Crippen molar-refractivity contribution in [3.63, 3.8) is 0 Å². The number of amides is 1. The first-order valence-electron chi connectivity index (χ1n) is 3.85. The van der Waals surface area contributed by atoms with Crippen molar-refractivity contribution in [1.29, 1.82) is 0 Å². The second kappa shape index (κ2) is 4.24. The second-order valence-corrected chi connectivity index (χ2v) is 4.18. The van der Waals surface area contributed by atoms with Gasteiger partial charge in [-0.25, -0.2) is 23.3 Å². The Morgan fingerprint density at radius 3 is 2.73 bits per heavy atom. The summed E-state index contributed by atoms with van der Waals surface area (Å²) in [5.41, 5.74) is 0.281. The topological polar surface area (TPSA) is 122 Å². The molecular weight excluding hydrogens is 222 g/mol. The molecular formula is C7H9N3O4S. The summed E-state index contributed by atoms with van der Waals surface area (Å²) in [4.78, 5) is 13.8. The van der Waals surface area contributed by atoms with Gasteiger partial charge in [0, 0.05) is 0 Å². The van der Waals surface area contributed by atoms with E-state index in [4.69, 9.17) is 10.2 Å². The van der Waals surface area contributed by atoms with Crippen molar-refractivity contribution < 1.29 is 18.3 Å². The zero-order valence-corrected chi connectivity index (χ0v) is 8.36. The Morgan fingerprint density at radius 1 is 1.53 bits per heavy atom. The number of hydrogen-bond donors (Lipinski definition) is 3. The molecule has 1 rings (SSSR count). The molecule has 0 saturated heterocycles. The van der Waals surface area contributed by atoms with Crippen LogP contribution in [0.5, 0.6) is 0 Å². The van der Waals surface area contributed by atoms with Crippen LogP contribution in [0.3, 0.4) is 0 Å². The summed E-state index contributed by atoms with van der Waals surface area (Å²) in [6, 6.07) is 4.16. The molecule has 8 heteroatoms. The predicted octanol–water partition coefficient (Wildman–Crippen LogP) is -0.503. The molecule has 0 spiro atoms. The molecule has 0 unspecified atom stereocenters. The summed E-state index contributed by atoms with van der Waals surface area (Å²) in [6.45, 7) is -0.0707. The fraction of sp³-hybridized carbons (Fsp3) is 0.143. The van der Waals surface area contributed by atoms with Gasteiger partial charge in [0.1, 0.15) is 0 Å². The summed E-state index contributed by atoms with van der Waals surface area (Å²) in [6.07, 6.45) is -1.21. The number of carboxylic acid groups (broad SMARTS) is 1. The van der Waals surface area contributed by atoms with Crippen molar-refractivity contribution in [3.8, 4) is 0 Å². The molecule has 1 aromatic heterocycles. The van der Waals surface area contributed by atoms with Crippen LogP contribution >= 0.6 is 0 Å². The number of pyridine rings is 1. The molecule has 0 bridgehead atoms. The smallest absolute Gasteiger partial charge is 0.404 e. The molecule has 0 aliphatic rings. The van der Waals surface area contributed by atoms with Crippen molar-refractivity contribution in [2.24, 2.45) is 5.14 Å². The van der Waals surface area contributed by atoms with Crippen LogP contribution in [-0.2, 0) is 16.6 Å². The van der Waals surface area contributed by atoms with Crippen LogP contribution in [0.2, 0.25) is 0 Å². The van der Waals surface area contributed by atoms with Crippen LogP contribution in [0.4, 0.5) is 4.79 Å². The van der Waals surface area contributed by atoms with Gasteiger partial charge in [-0.3, -0.25) is 0 Å². The highest BCUT2D eigenvalue weighted by Crippen LogP contribution is 2.03. The zero-order chi connectivity index (χ0) is 11.5. The highest BCUT2D eigenvalue weighted by atomic mass is 32.2. The largest absolute Gasteiger partial charge is 0.465 e. The molecule has 15 heavy (non-hydrogen) atoms. The van der Waals surface area contributed by atoms with E-state index in [0.717, 1.165) is 0 Å². The summed E-state index contributed by atoms with van der Waals surface area (Å²) >= 11 is 0. The molecule has 1 heterocycles. The standard InChI is InChI=1S/C7H9N3O4S/c8-15(13,14)6-3-1-2-5(10-6)4-9-7(11)12/h1-3,9H,4H2,(H,11,12)(H2,8,13,14). The summed E-state index contributed by atoms with van der Waals surface area (Å²) < 4.78 is 21.8. The van der Waals surface area contributed by atoms with Gasteiger partial charge < -0.3 is 10.4 Å². The number of hydrogen-bond acceptors (Lipinski definition) is 4. The number of nitrogens with two attached hydrogens (primary N) is 1. The Hall–Kier alpha value is -1.67. The molecule has 7 nitrogen and oxygen atoms in total. The summed E-state index contributed by atoms with van der Waals surface area (Å²) in [5, 5.41) is 15.0. The van der Waals surface area contributed by atoms with E-state index >= 15 is 0 Å². The molecule has 4 N–H and O–H groups in total. The van der Waals surface area contributed by atoms with Crippen LogP contribution in [0.25, 0.3) is 0 Å². The van der Waals surface area contributed by atoms with Crippen LogP contribution in [0.15, 0.2) is 23.2 Å². The number of nitrogens with zero attached hydrogens (tertiary/aromatic N) is 1. The Bertz CT molecular complexity index is 471. The maximum absolute atomic E-state index is 10.9. The lowest BCUT2D eigenvalue weighted by Crippen LogP contribution is -2.21. The Balaban J connectivity index is 2.89. The predicted molar refractivity (Wildman–Crippen MR) is 50.5 cm³/mol. The normalized spacial score (nSPS) is 11.0. The number of carbonyl (C=O) groups is 1. The maximum atomic E-state index is 10.9. The van der Waals surface area contributed by atoms with E-state index in [1.807, 2.05) is 0 Å². The van der Waals surface area contributed by atoms with Crippen LogP contribution in [0.1, 0.15) is 5.69 Å². The Morgan fingerprint density at radius 2 is 2.20 bits per heavy atom. The van der Waals surface area contributed by atoms with Crippen molar-refractivity contribution >= 4 is 16.1 Å². The van der Waals surface area contributed by atoms with Gasteiger partial charge in [-0.15, -0.1) is 0 Å². The van der Waals surface area contributed by atoms with Gasteiger partial charge in [0.25, 0.3) is 10.0 Å². The van der Waals surface area contributed by atoms with Gasteiger partial charge in [-0.05, 0) is 12.1 Å². The van der Waals surface area contributed by atoms with E-state index in [1.54, 1.807) is 0 Å². The van der Waals surface area contributed by atoms with Gasteiger partial charge >= 0.3 is 6.09 Å². The minimum atomic E-state index is -3.85. The Kier molecular flexibility index (Phi) is 3.22. The number of primary sulfonamides is 1. The molecule has 0 atom stereocenters.